The Balaban J connectivity index is 1.73. The van der Waals surface area contributed by atoms with Crippen LogP contribution in [-0.2, 0) is 9.59 Å². The Labute approximate surface area is 176 Å². The summed E-state index contributed by atoms with van der Waals surface area (Å²) in [6.45, 7) is 1.66. The van der Waals surface area contributed by atoms with Gasteiger partial charge in [0.15, 0.2) is 6.54 Å². The first-order valence-electron chi connectivity index (χ1n) is 9.75. The number of carbonyl (C=O) groups excluding carboxylic acids is 2. The number of ether oxygens (including phenoxy) is 1. The summed E-state index contributed by atoms with van der Waals surface area (Å²) in [7, 11) is 1.54. The molecule has 0 aliphatic heterocycles. The molecule has 0 radical (unpaired) electrons. The Morgan fingerprint density at radius 2 is 1.50 bits per heavy atom. The molecule has 0 unspecified atom stereocenters. The first-order valence-corrected chi connectivity index (χ1v) is 9.75. The van der Waals surface area contributed by atoms with Gasteiger partial charge in [-0.05, 0) is 18.2 Å². The van der Waals surface area contributed by atoms with E-state index in [2.05, 4.69) is 34.9 Å². The maximum atomic E-state index is 12.7. The third kappa shape index (κ3) is 5.68. The van der Waals surface area contributed by atoms with E-state index in [0.29, 0.717) is 17.1 Å². The summed E-state index contributed by atoms with van der Waals surface area (Å²) in [6.07, 6.45) is 0. The fraction of sp³-hybridized carbons (Fsp3) is 0.167. The summed E-state index contributed by atoms with van der Waals surface area (Å²) in [5.41, 5.74) is 3.36. The molecule has 0 saturated carbocycles. The molecule has 0 bridgehead atoms. The summed E-state index contributed by atoms with van der Waals surface area (Å²) in [5.74, 6) is 0.185. The van der Waals surface area contributed by atoms with Crippen LogP contribution in [0.1, 0.15) is 24.1 Å². The number of nitrogens with two attached hydrogens (primary N) is 1. The summed E-state index contributed by atoms with van der Waals surface area (Å²) in [4.78, 5) is 24.0. The molecule has 0 spiro atoms. The summed E-state index contributed by atoms with van der Waals surface area (Å²) >= 11 is 0. The van der Waals surface area contributed by atoms with Gasteiger partial charge in [-0.1, -0.05) is 60.7 Å². The Morgan fingerprint density at radius 1 is 0.900 bits per heavy atom. The summed E-state index contributed by atoms with van der Waals surface area (Å²) in [6, 6.07) is 25.3. The Kier molecular flexibility index (Phi) is 7.19. The van der Waals surface area contributed by atoms with Crippen LogP contribution >= 0.6 is 0 Å². The van der Waals surface area contributed by atoms with Gasteiger partial charge in [0.05, 0.1) is 12.8 Å². The zero-order valence-corrected chi connectivity index (χ0v) is 17.1. The molecule has 6 heteroatoms. The lowest BCUT2D eigenvalue weighted by molar-refractivity contribution is -0.676. The highest BCUT2D eigenvalue weighted by Gasteiger charge is 2.19. The molecular weight excluding hydrogens is 378 g/mol. The fourth-order valence-corrected chi connectivity index (χ4v) is 3.30. The average molecular weight is 404 g/mol. The third-order valence-corrected chi connectivity index (χ3v) is 4.65. The van der Waals surface area contributed by atoms with Gasteiger partial charge in [-0.2, -0.15) is 0 Å². The predicted molar refractivity (Wildman–Crippen MR) is 117 cm³/mol. The van der Waals surface area contributed by atoms with Crippen molar-refractivity contribution in [1.29, 1.82) is 0 Å². The molecule has 3 aromatic rings. The highest BCUT2D eigenvalue weighted by atomic mass is 16.5. The molecule has 4 N–H and O–H groups in total. The highest BCUT2D eigenvalue weighted by molar-refractivity contribution is 5.95. The zero-order chi connectivity index (χ0) is 21.3. The normalized spacial score (nSPS) is 10.5. The Bertz CT molecular complexity index is 952. The number of amides is 2. The molecule has 2 amide bonds. The summed E-state index contributed by atoms with van der Waals surface area (Å²) in [5, 5.41) is 7.60. The minimum absolute atomic E-state index is 0.00533. The van der Waals surface area contributed by atoms with Gasteiger partial charge in [-0.15, -0.1) is 0 Å². The van der Waals surface area contributed by atoms with Crippen LogP contribution < -0.4 is 20.7 Å². The smallest absolute Gasteiger partial charge is 0.279 e. The second kappa shape index (κ2) is 10.2. The second-order valence-corrected chi connectivity index (χ2v) is 6.88. The van der Waals surface area contributed by atoms with Crippen molar-refractivity contribution in [2.75, 3.05) is 24.3 Å². The Hall–Kier alpha value is -3.64. The standard InChI is InChI=1S/C24H25N3O3/c1-17(28)26-20-13-14-22(30-2)21(15-20)27-23(29)16-25-24(18-9-5-3-6-10-18)19-11-7-4-8-12-19/h3-15,24-25H,16H2,1-2H3,(H,26,28)(H,27,29)/p+1. The number of anilines is 2. The van der Waals surface area contributed by atoms with Crippen molar-refractivity contribution in [3.8, 4) is 5.75 Å². The molecule has 3 rings (SSSR count). The number of nitrogens with one attached hydrogen (secondary N) is 2. The van der Waals surface area contributed by atoms with Crippen molar-refractivity contribution < 1.29 is 19.6 Å². The van der Waals surface area contributed by atoms with E-state index >= 15 is 0 Å². The minimum Gasteiger partial charge on any atom is -0.495 e. The van der Waals surface area contributed by atoms with Crippen LogP contribution in [0.2, 0.25) is 0 Å². The Morgan fingerprint density at radius 3 is 2.03 bits per heavy atom. The van der Waals surface area contributed by atoms with E-state index < -0.39 is 0 Å². The van der Waals surface area contributed by atoms with E-state index in [1.54, 1.807) is 18.2 Å². The van der Waals surface area contributed by atoms with Crippen molar-refractivity contribution >= 4 is 23.2 Å². The number of hydrogen-bond donors (Lipinski definition) is 3. The van der Waals surface area contributed by atoms with Crippen molar-refractivity contribution in [2.24, 2.45) is 0 Å². The van der Waals surface area contributed by atoms with Crippen molar-refractivity contribution in [2.45, 2.75) is 13.0 Å². The molecule has 6 nitrogen and oxygen atoms in total. The van der Waals surface area contributed by atoms with E-state index in [-0.39, 0.29) is 24.4 Å². The number of rotatable bonds is 8. The molecule has 30 heavy (non-hydrogen) atoms. The predicted octanol–water partition coefficient (Wildman–Crippen LogP) is 2.95. The van der Waals surface area contributed by atoms with Crippen molar-refractivity contribution in [3.05, 3.63) is 90.0 Å². The van der Waals surface area contributed by atoms with E-state index in [1.165, 1.54) is 14.0 Å². The van der Waals surface area contributed by atoms with Crippen LogP contribution in [0, 0.1) is 0 Å². The number of quaternary nitrogens is 1. The molecule has 154 valence electrons. The van der Waals surface area contributed by atoms with Crippen molar-refractivity contribution in [1.82, 2.24) is 0 Å². The van der Waals surface area contributed by atoms with Crippen LogP contribution in [0.5, 0.6) is 5.75 Å². The molecule has 0 fully saturated rings. The second-order valence-electron chi connectivity index (χ2n) is 6.88. The lowest BCUT2D eigenvalue weighted by atomic mass is 9.99. The average Bonchev–Trinajstić information content (AvgIpc) is 2.75. The van der Waals surface area contributed by atoms with E-state index in [0.717, 1.165) is 11.1 Å². The van der Waals surface area contributed by atoms with Gasteiger partial charge in [0.1, 0.15) is 11.8 Å². The van der Waals surface area contributed by atoms with Gasteiger partial charge in [0.2, 0.25) is 5.91 Å². The quantitative estimate of drug-likeness (QED) is 0.540. The monoisotopic (exact) mass is 404 g/mol. The molecule has 0 atom stereocenters. The molecule has 0 aliphatic carbocycles. The van der Waals surface area contributed by atoms with Gasteiger partial charge in [-0.3, -0.25) is 9.59 Å². The van der Waals surface area contributed by atoms with Crippen LogP contribution in [-0.4, -0.2) is 25.5 Å². The topological polar surface area (TPSA) is 84.0 Å². The van der Waals surface area contributed by atoms with Gasteiger partial charge >= 0.3 is 0 Å². The number of methoxy groups -OCH3 is 1. The lowest BCUT2D eigenvalue weighted by Gasteiger charge is -2.17. The molecule has 0 aromatic heterocycles. The van der Waals surface area contributed by atoms with Gasteiger partial charge in [0.25, 0.3) is 5.91 Å². The van der Waals surface area contributed by atoms with Gasteiger partial charge in [-0.25, -0.2) is 0 Å². The first kappa shape index (κ1) is 21.1. The maximum Gasteiger partial charge on any atom is 0.279 e. The fourth-order valence-electron chi connectivity index (χ4n) is 3.30. The molecule has 3 aromatic carbocycles. The molecule has 0 saturated heterocycles. The zero-order valence-electron chi connectivity index (χ0n) is 17.1. The van der Waals surface area contributed by atoms with E-state index in [9.17, 15) is 9.59 Å². The van der Waals surface area contributed by atoms with Crippen molar-refractivity contribution in [3.63, 3.8) is 0 Å². The lowest BCUT2D eigenvalue weighted by Crippen LogP contribution is -2.87. The van der Waals surface area contributed by atoms with Crippen LogP contribution in [0.25, 0.3) is 0 Å². The number of hydrogen-bond acceptors (Lipinski definition) is 3. The highest BCUT2D eigenvalue weighted by Crippen LogP contribution is 2.27. The third-order valence-electron chi connectivity index (χ3n) is 4.65. The van der Waals surface area contributed by atoms with E-state index in [1.807, 2.05) is 41.7 Å². The number of carbonyl (C=O) groups is 2. The van der Waals surface area contributed by atoms with Crippen LogP contribution in [0.4, 0.5) is 11.4 Å². The van der Waals surface area contributed by atoms with Gasteiger partial charge < -0.3 is 20.7 Å². The van der Waals surface area contributed by atoms with Crippen LogP contribution in [0.15, 0.2) is 78.9 Å². The summed E-state index contributed by atoms with van der Waals surface area (Å²) < 4.78 is 5.33. The minimum atomic E-state index is -0.181. The molecule has 0 aliphatic rings. The van der Waals surface area contributed by atoms with Gasteiger partial charge in [0, 0.05) is 23.7 Å². The first-order chi connectivity index (χ1) is 14.6. The molecular formula is C24H26N3O3+. The van der Waals surface area contributed by atoms with E-state index in [4.69, 9.17) is 4.74 Å². The number of benzene rings is 3. The SMILES string of the molecule is COc1ccc(NC(C)=O)cc1NC(=O)C[NH2+]C(c1ccccc1)c1ccccc1. The van der Waals surface area contributed by atoms with Crippen LogP contribution in [0.3, 0.4) is 0 Å². The largest absolute Gasteiger partial charge is 0.495 e. The molecule has 0 heterocycles. The maximum absolute atomic E-state index is 12.7.